The third-order valence-corrected chi connectivity index (χ3v) is 3.40. The fourth-order valence-electron chi connectivity index (χ4n) is 1.93. The predicted molar refractivity (Wildman–Crippen MR) is 82.2 cm³/mol. The van der Waals surface area contributed by atoms with Gasteiger partial charge in [0.25, 0.3) is 5.91 Å². The number of amides is 1. The maximum absolute atomic E-state index is 12.2. The molecule has 0 bridgehead atoms. The molecule has 0 atom stereocenters. The number of phenolic OH excluding ortho intramolecular Hbond substituents is 1. The van der Waals surface area contributed by atoms with Gasteiger partial charge in [0.2, 0.25) is 5.95 Å². The monoisotopic (exact) mass is 321 g/mol. The van der Waals surface area contributed by atoms with Crippen molar-refractivity contribution in [1.82, 2.24) is 9.97 Å². The summed E-state index contributed by atoms with van der Waals surface area (Å²) in [5, 5.41) is 12.7. The van der Waals surface area contributed by atoms with Crippen LogP contribution in [0.5, 0.6) is 5.75 Å². The summed E-state index contributed by atoms with van der Waals surface area (Å²) >= 11 is 11.6. The van der Waals surface area contributed by atoms with E-state index in [0.29, 0.717) is 0 Å². The van der Waals surface area contributed by atoms with Crippen molar-refractivity contribution in [3.8, 4) is 5.75 Å². The Labute approximate surface area is 129 Å². The number of aromatic nitrogens is 2. The lowest BCUT2D eigenvalue weighted by atomic mass is 10.2. The fraction of sp³-hybridized carbons (Fsp3) is 0. The molecule has 0 saturated carbocycles. The second-order valence-electron chi connectivity index (χ2n) is 4.34. The summed E-state index contributed by atoms with van der Waals surface area (Å²) in [6, 6.07) is 10.0. The molecule has 0 aliphatic carbocycles. The maximum atomic E-state index is 12.2. The van der Waals surface area contributed by atoms with E-state index >= 15 is 0 Å². The van der Waals surface area contributed by atoms with Crippen LogP contribution in [0.4, 0.5) is 5.95 Å². The highest BCUT2D eigenvalue weighted by Gasteiger charge is 2.16. The number of rotatable bonds is 2. The molecule has 0 aliphatic heterocycles. The number of nitrogens with one attached hydrogen (secondary N) is 2. The van der Waals surface area contributed by atoms with Crippen molar-refractivity contribution in [1.29, 1.82) is 0 Å². The second-order valence-corrected chi connectivity index (χ2v) is 5.18. The Morgan fingerprint density at radius 2 is 2.00 bits per heavy atom. The molecule has 1 amide bonds. The highest BCUT2D eigenvalue weighted by molar-refractivity contribution is 6.36. The Balaban J connectivity index is 1.93. The first-order chi connectivity index (χ1) is 10.0. The number of anilines is 1. The number of hydrogen-bond acceptors (Lipinski definition) is 3. The molecule has 0 aliphatic rings. The summed E-state index contributed by atoms with van der Waals surface area (Å²) in [6.45, 7) is 0. The number of carbonyl (C=O) groups is 1. The SMILES string of the molecule is O=C(Nc1nc2ccccc2[nH]1)c1cc(Cl)cc(Cl)c1O. The van der Waals surface area contributed by atoms with Gasteiger partial charge in [-0.1, -0.05) is 35.3 Å². The minimum atomic E-state index is -0.559. The molecule has 2 aromatic carbocycles. The number of H-pyrrole nitrogens is 1. The molecule has 3 N–H and O–H groups in total. The number of aromatic hydroxyl groups is 1. The molecular weight excluding hydrogens is 313 g/mol. The fourth-order valence-corrected chi connectivity index (χ4v) is 2.42. The van der Waals surface area contributed by atoms with E-state index in [1.54, 1.807) is 0 Å². The number of carbonyl (C=O) groups excluding carboxylic acids is 1. The molecule has 5 nitrogen and oxygen atoms in total. The highest BCUT2D eigenvalue weighted by atomic mass is 35.5. The van der Waals surface area contributed by atoms with Gasteiger partial charge in [-0.15, -0.1) is 0 Å². The quantitative estimate of drug-likeness (QED) is 0.671. The number of benzene rings is 2. The molecule has 0 unspecified atom stereocenters. The predicted octanol–water partition coefficient (Wildman–Crippen LogP) is 3.83. The molecular formula is C14H9Cl2N3O2. The summed E-state index contributed by atoms with van der Waals surface area (Å²) in [4.78, 5) is 19.3. The lowest BCUT2D eigenvalue weighted by Crippen LogP contribution is -2.13. The van der Waals surface area contributed by atoms with Crippen LogP contribution in [0.3, 0.4) is 0 Å². The van der Waals surface area contributed by atoms with Gasteiger partial charge in [0.15, 0.2) is 0 Å². The minimum absolute atomic E-state index is 0.0113. The van der Waals surface area contributed by atoms with E-state index in [2.05, 4.69) is 15.3 Å². The Bertz CT molecular complexity index is 812. The molecule has 3 aromatic rings. The number of imidazole rings is 1. The smallest absolute Gasteiger partial charge is 0.261 e. The third kappa shape index (κ3) is 2.66. The lowest BCUT2D eigenvalue weighted by molar-refractivity contribution is 0.102. The van der Waals surface area contributed by atoms with E-state index in [1.165, 1.54) is 12.1 Å². The van der Waals surface area contributed by atoms with Crippen molar-refractivity contribution in [3.05, 3.63) is 52.0 Å². The molecule has 21 heavy (non-hydrogen) atoms. The van der Waals surface area contributed by atoms with E-state index in [-0.39, 0.29) is 27.3 Å². The zero-order valence-electron chi connectivity index (χ0n) is 10.5. The van der Waals surface area contributed by atoms with Gasteiger partial charge < -0.3 is 10.1 Å². The van der Waals surface area contributed by atoms with Crippen molar-refractivity contribution >= 4 is 46.1 Å². The Kier molecular flexibility index (Phi) is 3.45. The summed E-state index contributed by atoms with van der Waals surface area (Å²) in [7, 11) is 0. The van der Waals surface area contributed by atoms with Gasteiger partial charge >= 0.3 is 0 Å². The van der Waals surface area contributed by atoms with Gasteiger partial charge in [0.05, 0.1) is 21.6 Å². The van der Waals surface area contributed by atoms with Crippen LogP contribution in [0.15, 0.2) is 36.4 Å². The first-order valence-corrected chi connectivity index (χ1v) is 6.74. The number of phenols is 1. The summed E-state index contributed by atoms with van der Waals surface area (Å²) < 4.78 is 0. The number of aromatic amines is 1. The average molecular weight is 322 g/mol. The van der Waals surface area contributed by atoms with E-state index < -0.39 is 5.91 Å². The third-order valence-electron chi connectivity index (χ3n) is 2.89. The zero-order chi connectivity index (χ0) is 15.0. The molecule has 1 heterocycles. The van der Waals surface area contributed by atoms with Crippen LogP contribution in [0.1, 0.15) is 10.4 Å². The van der Waals surface area contributed by atoms with Crippen LogP contribution in [-0.2, 0) is 0 Å². The molecule has 7 heteroatoms. The summed E-state index contributed by atoms with van der Waals surface area (Å²) in [6.07, 6.45) is 0. The van der Waals surface area contributed by atoms with Gasteiger partial charge in [-0.25, -0.2) is 4.98 Å². The van der Waals surface area contributed by atoms with E-state index in [0.717, 1.165) is 11.0 Å². The van der Waals surface area contributed by atoms with Crippen LogP contribution >= 0.6 is 23.2 Å². The van der Waals surface area contributed by atoms with E-state index in [1.807, 2.05) is 24.3 Å². The average Bonchev–Trinajstić information content (AvgIpc) is 2.84. The Morgan fingerprint density at radius 3 is 2.76 bits per heavy atom. The first kappa shape index (κ1) is 13.7. The number of hydrogen-bond donors (Lipinski definition) is 3. The van der Waals surface area contributed by atoms with Gasteiger partial charge in [-0.2, -0.15) is 0 Å². The minimum Gasteiger partial charge on any atom is -0.506 e. The summed E-state index contributed by atoms with van der Waals surface area (Å²) in [5.74, 6) is -0.609. The standard InChI is InChI=1S/C14H9Cl2N3O2/c15-7-5-8(12(20)9(16)6-7)13(21)19-14-17-10-3-1-2-4-11(10)18-14/h1-6,20H,(H2,17,18,19,21). The van der Waals surface area contributed by atoms with E-state index in [4.69, 9.17) is 23.2 Å². The van der Waals surface area contributed by atoms with Crippen LogP contribution in [0.2, 0.25) is 10.0 Å². The highest BCUT2D eigenvalue weighted by Crippen LogP contribution is 2.31. The molecule has 3 rings (SSSR count). The lowest BCUT2D eigenvalue weighted by Gasteiger charge is -2.06. The largest absolute Gasteiger partial charge is 0.506 e. The number of halogens is 2. The van der Waals surface area contributed by atoms with Crippen LogP contribution in [0, 0.1) is 0 Å². The molecule has 0 saturated heterocycles. The van der Waals surface area contributed by atoms with Crippen molar-refractivity contribution < 1.29 is 9.90 Å². The van der Waals surface area contributed by atoms with Gasteiger partial charge in [-0.05, 0) is 24.3 Å². The zero-order valence-corrected chi connectivity index (χ0v) is 12.0. The van der Waals surface area contributed by atoms with Crippen LogP contribution in [-0.4, -0.2) is 21.0 Å². The number of fused-ring (bicyclic) bond motifs is 1. The second kappa shape index (κ2) is 5.27. The maximum Gasteiger partial charge on any atom is 0.261 e. The Morgan fingerprint density at radius 1 is 1.24 bits per heavy atom. The van der Waals surface area contributed by atoms with Crippen molar-refractivity contribution in [2.24, 2.45) is 0 Å². The molecule has 1 aromatic heterocycles. The van der Waals surface area contributed by atoms with Gasteiger partial charge in [0.1, 0.15) is 5.75 Å². The van der Waals surface area contributed by atoms with Crippen LogP contribution < -0.4 is 5.32 Å². The van der Waals surface area contributed by atoms with Gasteiger partial charge in [-0.3, -0.25) is 10.1 Å². The topological polar surface area (TPSA) is 78.0 Å². The van der Waals surface area contributed by atoms with Crippen molar-refractivity contribution in [2.45, 2.75) is 0 Å². The molecule has 0 fully saturated rings. The molecule has 0 radical (unpaired) electrons. The summed E-state index contributed by atoms with van der Waals surface area (Å²) in [5.41, 5.74) is 1.50. The number of nitrogens with zero attached hydrogens (tertiary/aromatic N) is 1. The molecule has 0 spiro atoms. The first-order valence-electron chi connectivity index (χ1n) is 5.98. The van der Waals surface area contributed by atoms with Gasteiger partial charge in [0, 0.05) is 5.02 Å². The normalized spacial score (nSPS) is 10.8. The number of para-hydroxylation sites is 2. The van der Waals surface area contributed by atoms with E-state index in [9.17, 15) is 9.90 Å². The van der Waals surface area contributed by atoms with Crippen LogP contribution in [0.25, 0.3) is 11.0 Å². The van der Waals surface area contributed by atoms with Crippen molar-refractivity contribution in [3.63, 3.8) is 0 Å². The Hall–Kier alpha value is -2.24. The van der Waals surface area contributed by atoms with Crippen molar-refractivity contribution in [2.75, 3.05) is 5.32 Å². The molecule has 106 valence electrons.